The van der Waals surface area contributed by atoms with Gasteiger partial charge in [0.15, 0.2) is 0 Å². The summed E-state index contributed by atoms with van der Waals surface area (Å²) in [5.41, 5.74) is 8.24. The Balaban J connectivity index is 2.10. The Bertz CT molecular complexity index is 694. The predicted octanol–water partition coefficient (Wildman–Crippen LogP) is 0.972. The fraction of sp³-hybridized carbons (Fsp3) is 0.267. The lowest BCUT2D eigenvalue weighted by atomic mass is 10.1. The van der Waals surface area contributed by atoms with Crippen molar-refractivity contribution in [3.05, 3.63) is 35.7 Å². The van der Waals surface area contributed by atoms with Crippen LogP contribution in [0.2, 0.25) is 0 Å². The fourth-order valence-corrected chi connectivity index (χ4v) is 1.82. The van der Waals surface area contributed by atoms with Crippen molar-refractivity contribution >= 4 is 17.5 Å². The number of nitrogens with one attached hydrogen (secondary N) is 2. The summed E-state index contributed by atoms with van der Waals surface area (Å²) in [6.45, 7) is 3.44. The number of rotatable bonds is 5. The van der Waals surface area contributed by atoms with Gasteiger partial charge in [0.05, 0.1) is 18.8 Å². The van der Waals surface area contributed by atoms with Gasteiger partial charge < -0.3 is 20.8 Å². The van der Waals surface area contributed by atoms with E-state index in [4.69, 9.17) is 10.2 Å². The molecule has 7 heteroatoms. The molecule has 0 atom stereocenters. The zero-order chi connectivity index (χ0) is 16.1. The Morgan fingerprint density at radius 1 is 1.27 bits per heavy atom. The lowest BCUT2D eigenvalue weighted by Gasteiger charge is -2.10. The van der Waals surface area contributed by atoms with E-state index in [0.29, 0.717) is 11.6 Å². The topological polar surface area (TPSA) is 110 Å². The summed E-state index contributed by atoms with van der Waals surface area (Å²) in [5, 5.41) is 5.16. The number of amides is 2. The van der Waals surface area contributed by atoms with Crippen LogP contribution in [0, 0.1) is 13.8 Å². The molecule has 0 aliphatic rings. The van der Waals surface area contributed by atoms with Crippen molar-refractivity contribution in [2.75, 3.05) is 18.4 Å². The Morgan fingerprint density at radius 3 is 2.68 bits per heavy atom. The number of hydrogen-bond acceptors (Lipinski definition) is 5. The van der Waals surface area contributed by atoms with Gasteiger partial charge in [-0.25, -0.2) is 4.98 Å². The first kappa shape index (κ1) is 15.7. The number of oxazole rings is 1. The number of hydrogen-bond donors (Lipinski definition) is 3. The van der Waals surface area contributed by atoms with Crippen molar-refractivity contribution in [3.8, 4) is 11.5 Å². The Hall–Kier alpha value is -2.67. The number of carbonyl (C=O) groups excluding carboxylic acids is 2. The average Bonchev–Trinajstić information content (AvgIpc) is 2.93. The second-order valence-corrected chi connectivity index (χ2v) is 4.85. The highest BCUT2D eigenvalue weighted by molar-refractivity contribution is 5.95. The lowest BCUT2D eigenvalue weighted by molar-refractivity contribution is -0.123. The van der Waals surface area contributed by atoms with Gasteiger partial charge in [-0.3, -0.25) is 9.59 Å². The lowest BCUT2D eigenvalue weighted by Crippen LogP contribution is -2.36. The highest BCUT2D eigenvalue weighted by atomic mass is 16.3. The molecule has 0 aliphatic heterocycles. The second kappa shape index (κ2) is 6.86. The van der Waals surface area contributed by atoms with Gasteiger partial charge in [0, 0.05) is 11.3 Å². The molecule has 22 heavy (non-hydrogen) atoms. The molecule has 0 aliphatic carbocycles. The van der Waals surface area contributed by atoms with E-state index >= 15 is 0 Å². The summed E-state index contributed by atoms with van der Waals surface area (Å²) >= 11 is 0. The van der Waals surface area contributed by atoms with Gasteiger partial charge in [0.25, 0.3) is 0 Å². The maximum absolute atomic E-state index is 11.8. The van der Waals surface area contributed by atoms with E-state index in [-0.39, 0.29) is 24.9 Å². The highest BCUT2D eigenvalue weighted by Crippen LogP contribution is 2.24. The Labute approximate surface area is 127 Å². The van der Waals surface area contributed by atoms with E-state index in [1.807, 2.05) is 26.0 Å². The third-order valence-electron chi connectivity index (χ3n) is 3.01. The molecule has 2 aromatic rings. The standard InChI is InChI=1S/C15H18N4O3/c1-9-3-4-11(15-18-10(2)8-22-15)5-12(9)19-14(21)7-17-13(20)6-16/h3-5,8H,6-7,16H2,1-2H3,(H,17,20)(H,19,21). The molecule has 2 rings (SSSR count). The third kappa shape index (κ3) is 3.92. The molecule has 1 aromatic heterocycles. The van der Waals surface area contributed by atoms with Gasteiger partial charge in [-0.05, 0) is 31.5 Å². The average molecular weight is 302 g/mol. The molecular weight excluding hydrogens is 284 g/mol. The van der Waals surface area contributed by atoms with Crippen LogP contribution in [0.15, 0.2) is 28.9 Å². The number of aryl methyl sites for hydroxylation is 2. The molecule has 0 fully saturated rings. The van der Waals surface area contributed by atoms with Gasteiger partial charge >= 0.3 is 0 Å². The number of anilines is 1. The van der Waals surface area contributed by atoms with E-state index in [9.17, 15) is 9.59 Å². The molecule has 0 saturated carbocycles. The SMILES string of the molecule is Cc1coc(-c2ccc(C)c(NC(=O)CNC(=O)CN)c2)n1. The van der Waals surface area contributed by atoms with Crippen LogP contribution in [0.4, 0.5) is 5.69 Å². The summed E-state index contributed by atoms with van der Waals surface area (Å²) < 4.78 is 5.35. The van der Waals surface area contributed by atoms with Crippen LogP contribution in [-0.2, 0) is 9.59 Å². The fourth-order valence-electron chi connectivity index (χ4n) is 1.82. The maximum atomic E-state index is 11.8. The summed E-state index contributed by atoms with van der Waals surface area (Å²) in [7, 11) is 0. The van der Waals surface area contributed by atoms with Crippen molar-refractivity contribution in [2.24, 2.45) is 5.73 Å². The zero-order valence-corrected chi connectivity index (χ0v) is 12.5. The first-order valence-corrected chi connectivity index (χ1v) is 6.79. The number of aromatic nitrogens is 1. The quantitative estimate of drug-likeness (QED) is 0.762. The molecule has 0 bridgehead atoms. The van der Waals surface area contributed by atoms with Crippen molar-refractivity contribution < 1.29 is 14.0 Å². The largest absolute Gasteiger partial charge is 0.444 e. The van der Waals surface area contributed by atoms with Gasteiger partial charge in [-0.2, -0.15) is 0 Å². The molecule has 0 unspecified atom stereocenters. The molecule has 2 amide bonds. The van der Waals surface area contributed by atoms with Crippen LogP contribution in [0.25, 0.3) is 11.5 Å². The molecule has 0 spiro atoms. The van der Waals surface area contributed by atoms with E-state index in [1.54, 1.807) is 12.3 Å². The van der Waals surface area contributed by atoms with Gasteiger partial charge in [-0.1, -0.05) is 6.07 Å². The van der Waals surface area contributed by atoms with Gasteiger partial charge in [0.1, 0.15) is 6.26 Å². The number of nitrogens with two attached hydrogens (primary N) is 1. The van der Waals surface area contributed by atoms with Crippen LogP contribution >= 0.6 is 0 Å². The molecule has 0 saturated heterocycles. The van der Waals surface area contributed by atoms with Crippen LogP contribution in [0.1, 0.15) is 11.3 Å². The first-order chi connectivity index (χ1) is 10.5. The van der Waals surface area contributed by atoms with Crippen molar-refractivity contribution in [1.29, 1.82) is 0 Å². The summed E-state index contributed by atoms with van der Waals surface area (Å²) in [6.07, 6.45) is 1.57. The van der Waals surface area contributed by atoms with Crippen molar-refractivity contribution in [2.45, 2.75) is 13.8 Å². The normalized spacial score (nSPS) is 10.3. The summed E-state index contributed by atoms with van der Waals surface area (Å²) in [4.78, 5) is 27.1. The highest BCUT2D eigenvalue weighted by Gasteiger charge is 2.10. The van der Waals surface area contributed by atoms with Crippen molar-refractivity contribution in [3.63, 3.8) is 0 Å². The van der Waals surface area contributed by atoms with E-state index in [0.717, 1.165) is 16.8 Å². The Kier molecular flexibility index (Phi) is 4.90. The molecule has 1 aromatic carbocycles. The number of nitrogens with zero attached hydrogens (tertiary/aromatic N) is 1. The molecule has 0 radical (unpaired) electrons. The predicted molar refractivity (Wildman–Crippen MR) is 82.1 cm³/mol. The van der Waals surface area contributed by atoms with Crippen LogP contribution in [0.5, 0.6) is 0 Å². The minimum absolute atomic E-state index is 0.127. The maximum Gasteiger partial charge on any atom is 0.243 e. The zero-order valence-electron chi connectivity index (χ0n) is 12.5. The molecule has 1 heterocycles. The first-order valence-electron chi connectivity index (χ1n) is 6.79. The molecular formula is C15H18N4O3. The third-order valence-corrected chi connectivity index (χ3v) is 3.01. The summed E-state index contributed by atoms with van der Waals surface area (Å²) in [5.74, 6) is -0.217. The van der Waals surface area contributed by atoms with Crippen molar-refractivity contribution in [1.82, 2.24) is 10.3 Å². The van der Waals surface area contributed by atoms with E-state index in [1.165, 1.54) is 0 Å². The second-order valence-electron chi connectivity index (χ2n) is 4.85. The summed E-state index contributed by atoms with van der Waals surface area (Å²) in [6, 6.07) is 5.51. The van der Waals surface area contributed by atoms with E-state index in [2.05, 4.69) is 15.6 Å². The van der Waals surface area contributed by atoms with Crippen LogP contribution in [-0.4, -0.2) is 29.9 Å². The van der Waals surface area contributed by atoms with E-state index < -0.39 is 0 Å². The van der Waals surface area contributed by atoms with Crippen LogP contribution < -0.4 is 16.4 Å². The number of carbonyl (C=O) groups is 2. The molecule has 7 nitrogen and oxygen atoms in total. The van der Waals surface area contributed by atoms with Gasteiger partial charge in [-0.15, -0.1) is 0 Å². The Morgan fingerprint density at radius 2 is 2.05 bits per heavy atom. The van der Waals surface area contributed by atoms with Gasteiger partial charge in [0.2, 0.25) is 17.7 Å². The molecule has 116 valence electrons. The monoisotopic (exact) mass is 302 g/mol. The smallest absolute Gasteiger partial charge is 0.243 e. The molecule has 4 N–H and O–H groups in total. The van der Waals surface area contributed by atoms with Crippen LogP contribution in [0.3, 0.4) is 0 Å². The minimum Gasteiger partial charge on any atom is -0.444 e. The number of benzene rings is 1. The minimum atomic E-state index is -0.379.